The minimum absolute atomic E-state index is 1.05. The zero-order chi connectivity index (χ0) is 19.1. The van der Waals surface area contributed by atoms with E-state index in [1.54, 1.807) is 0 Å². The molecule has 1 aromatic heterocycles. The van der Waals surface area contributed by atoms with Gasteiger partial charge < -0.3 is 4.57 Å². The molecule has 0 fully saturated rings. The lowest BCUT2D eigenvalue weighted by Crippen LogP contribution is -1.95. The molecule has 0 radical (unpaired) electrons. The van der Waals surface area contributed by atoms with Gasteiger partial charge in [-0.15, -0.1) is 0 Å². The van der Waals surface area contributed by atoms with Gasteiger partial charge in [0.1, 0.15) is 0 Å². The van der Waals surface area contributed by atoms with Gasteiger partial charge in [0, 0.05) is 16.2 Å². The maximum Gasteiger partial charge on any atom is 0.0544 e. The van der Waals surface area contributed by atoms with Crippen LogP contribution in [-0.2, 0) is 0 Å². The Bertz CT molecular complexity index is 1350. The topological polar surface area (TPSA) is 4.93 Å². The van der Waals surface area contributed by atoms with E-state index in [1.165, 1.54) is 49.4 Å². The fourth-order valence-corrected chi connectivity index (χ4v) is 4.22. The zero-order valence-electron chi connectivity index (χ0n) is 16.3. The smallest absolute Gasteiger partial charge is 0.0544 e. The third kappa shape index (κ3) is 2.55. The molecule has 0 aliphatic heterocycles. The van der Waals surface area contributed by atoms with Crippen LogP contribution in [0.4, 0.5) is 0 Å². The van der Waals surface area contributed by atoms with Crippen LogP contribution in [0.25, 0.3) is 44.3 Å². The molecule has 5 aromatic rings. The Morgan fingerprint density at radius 3 is 2.36 bits per heavy atom. The summed E-state index contributed by atoms with van der Waals surface area (Å²) in [6.45, 7) is 4.39. The molecule has 0 unspecified atom stereocenters. The molecule has 4 aromatic carbocycles. The van der Waals surface area contributed by atoms with Gasteiger partial charge in [-0.05, 0) is 54.1 Å². The molecule has 1 heteroatoms. The highest BCUT2D eigenvalue weighted by Gasteiger charge is 2.14. The van der Waals surface area contributed by atoms with E-state index in [1.807, 2.05) is 0 Å². The SMILES string of the molecule is CC/C=C\c1cc2c3ccccc3n(-c3cccc4ccccc34)c2cc1C. The van der Waals surface area contributed by atoms with Crippen LogP contribution in [0.5, 0.6) is 0 Å². The summed E-state index contributed by atoms with van der Waals surface area (Å²) >= 11 is 0. The van der Waals surface area contributed by atoms with Gasteiger partial charge in [0.15, 0.2) is 0 Å². The van der Waals surface area contributed by atoms with E-state index in [4.69, 9.17) is 0 Å². The molecule has 0 aliphatic carbocycles. The maximum atomic E-state index is 2.42. The standard InChI is InChI=1S/C27H23N/c1-3-4-10-21-18-24-23-14-7-8-15-26(23)28(27(24)17-19(21)2)25-16-9-12-20-11-5-6-13-22(20)25/h4-18H,3H2,1-2H3/b10-4-. The maximum absolute atomic E-state index is 2.42. The minimum Gasteiger partial charge on any atom is -0.309 e. The molecule has 0 saturated heterocycles. The van der Waals surface area contributed by atoms with Crippen molar-refractivity contribution >= 4 is 38.7 Å². The lowest BCUT2D eigenvalue weighted by atomic mass is 10.0. The van der Waals surface area contributed by atoms with Crippen LogP contribution in [0.3, 0.4) is 0 Å². The van der Waals surface area contributed by atoms with E-state index >= 15 is 0 Å². The monoisotopic (exact) mass is 361 g/mol. The fourth-order valence-electron chi connectivity index (χ4n) is 4.22. The molecule has 0 aliphatic rings. The summed E-state index contributed by atoms with van der Waals surface area (Å²) in [6.07, 6.45) is 5.53. The third-order valence-electron chi connectivity index (χ3n) is 5.60. The van der Waals surface area contributed by atoms with Gasteiger partial charge in [-0.25, -0.2) is 0 Å². The normalized spacial score (nSPS) is 11.9. The molecule has 5 rings (SSSR count). The summed E-state index contributed by atoms with van der Waals surface area (Å²) in [4.78, 5) is 0. The minimum atomic E-state index is 1.05. The molecule has 0 amide bonds. The number of para-hydroxylation sites is 1. The highest BCUT2D eigenvalue weighted by Crippen LogP contribution is 2.36. The largest absolute Gasteiger partial charge is 0.309 e. The average molecular weight is 361 g/mol. The summed E-state index contributed by atoms with van der Waals surface area (Å²) in [5.41, 5.74) is 6.37. The predicted octanol–water partition coefficient (Wildman–Crippen LogP) is 7.67. The average Bonchev–Trinajstić information content (AvgIpc) is 3.04. The van der Waals surface area contributed by atoms with Gasteiger partial charge in [0.2, 0.25) is 0 Å². The van der Waals surface area contributed by atoms with Crippen molar-refractivity contribution < 1.29 is 0 Å². The summed E-state index contributed by atoms with van der Waals surface area (Å²) in [6, 6.07) is 28.6. The van der Waals surface area contributed by atoms with E-state index in [0.29, 0.717) is 0 Å². The lowest BCUT2D eigenvalue weighted by molar-refractivity contribution is 1.19. The first-order valence-electron chi connectivity index (χ1n) is 9.96. The molecule has 0 bridgehead atoms. The van der Waals surface area contributed by atoms with Crippen molar-refractivity contribution in [3.05, 3.63) is 96.1 Å². The predicted molar refractivity (Wildman–Crippen MR) is 122 cm³/mol. The quantitative estimate of drug-likeness (QED) is 0.311. The van der Waals surface area contributed by atoms with Crippen molar-refractivity contribution in [3.8, 4) is 5.69 Å². The Labute approximate surface area is 165 Å². The zero-order valence-corrected chi connectivity index (χ0v) is 16.3. The van der Waals surface area contributed by atoms with Crippen molar-refractivity contribution in [3.63, 3.8) is 0 Å². The Balaban J connectivity index is 1.93. The highest BCUT2D eigenvalue weighted by atomic mass is 15.0. The van der Waals surface area contributed by atoms with Crippen molar-refractivity contribution in [2.24, 2.45) is 0 Å². The number of fused-ring (bicyclic) bond motifs is 4. The Kier molecular flexibility index (Phi) is 4.02. The number of hydrogen-bond acceptors (Lipinski definition) is 0. The Morgan fingerprint density at radius 1 is 0.750 bits per heavy atom. The van der Waals surface area contributed by atoms with Crippen molar-refractivity contribution in [2.75, 3.05) is 0 Å². The number of allylic oxidation sites excluding steroid dienone is 1. The van der Waals surface area contributed by atoms with Crippen molar-refractivity contribution in [2.45, 2.75) is 20.3 Å². The third-order valence-corrected chi connectivity index (χ3v) is 5.60. The summed E-state index contributed by atoms with van der Waals surface area (Å²) in [5, 5.41) is 5.16. The second kappa shape index (κ2) is 6.69. The van der Waals surface area contributed by atoms with Gasteiger partial charge in [-0.1, -0.05) is 73.7 Å². The van der Waals surface area contributed by atoms with Crippen LogP contribution in [-0.4, -0.2) is 4.57 Å². The first kappa shape index (κ1) is 16.8. The Hall–Kier alpha value is -3.32. The molecule has 1 nitrogen and oxygen atoms in total. The van der Waals surface area contributed by atoms with E-state index in [0.717, 1.165) is 6.42 Å². The molecule has 1 heterocycles. The number of rotatable bonds is 3. The summed E-state index contributed by atoms with van der Waals surface area (Å²) < 4.78 is 2.42. The molecule has 0 atom stereocenters. The van der Waals surface area contributed by atoms with Crippen molar-refractivity contribution in [1.29, 1.82) is 0 Å². The van der Waals surface area contributed by atoms with Gasteiger partial charge in [-0.3, -0.25) is 0 Å². The molecule has 0 saturated carbocycles. The van der Waals surface area contributed by atoms with E-state index in [2.05, 4.69) is 109 Å². The van der Waals surface area contributed by atoms with Crippen LogP contribution < -0.4 is 0 Å². The second-order valence-electron chi connectivity index (χ2n) is 7.39. The second-order valence-corrected chi connectivity index (χ2v) is 7.39. The molecular weight excluding hydrogens is 338 g/mol. The number of benzene rings is 4. The van der Waals surface area contributed by atoms with E-state index in [-0.39, 0.29) is 0 Å². The molecule has 0 spiro atoms. The van der Waals surface area contributed by atoms with E-state index < -0.39 is 0 Å². The number of nitrogens with zero attached hydrogens (tertiary/aromatic N) is 1. The van der Waals surface area contributed by atoms with Crippen LogP contribution in [0.1, 0.15) is 24.5 Å². The highest BCUT2D eigenvalue weighted by molar-refractivity contribution is 6.11. The molecule has 136 valence electrons. The molecule has 0 N–H and O–H groups in total. The van der Waals surface area contributed by atoms with Crippen LogP contribution in [0.15, 0.2) is 84.9 Å². The van der Waals surface area contributed by atoms with E-state index in [9.17, 15) is 0 Å². The fraction of sp³-hybridized carbons (Fsp3) is 0.111. The van der Waals surface area contributed by atoms with Gasteiger partial charge in [0.05, 0.1) is 16.7 Å². The summed E-state index contributed by atoms with van der Waals surface area (Å²) in [5.74, 6) is 0. The first-order chi connectivity index (χ1) is 13.8. The van der Waals surface area contributed by atoms with Gasteiger partial charge in [-0.2, -0.15) is 0 Å². The van der Waals surface area contributed by atoms with Crippen LogP contribution in [0.2, 0.25) is 0 Å². The van der Waals surface area contributed by atoms with Gasteiger partial charge in [0.25, 0.3) is 0 Å². The Morgan fingerprint density at radius 2 is 1.50 bits per heavy atom. The van der Waals surface area contributed by atoms with Crippen LogP contribution >= 0.6 is 0 Å². The van der Waals surface area contributed by atoms with Gasteiger partial charge >= 0.3 is 0 Å². The molecular formula is C27H23N. The first-order valence-corrected chi connectivity index (χ1v) is 9.96. The van der Waals surface area contributed by atoms with Crippen LogP contribution in [0, 0.1) is 6.92 Å². The number of aromatic nitrogens is 1. The lowest BCUT2D eigenvalue weighted by Gasteiger charge is -2.12. The summed E-state index contributed by atoms with van der Waals surface area (Å²) in [7, 11) is 0. The van der Waals surface area contributed by atoms with Crippen molar-refractivity contribution in [1.82, 2.24) is 4.57 Å². The number of hydrogen-bond donors (Lipinski definition) is 0. The number of aryl methyl sites for hydroxylation is 1. The molecule has 28 heavy (non-hydrogen) atoms.